The van der Waals surface area contributed by atoms with Crippen molar-refractivity contribution in [3.05, 3.63) is 60.2 Å². The van der Waals surface area contributed by atoms with Crippen LogP contribution in [0.25, 0.3) is 22.5 Å². The topological polar surface area (TPSA) is 123 Å². The number of carbonyl (C=O) groups is 1. The van der Waals surface area contributed by atoms with Crippen molar-refractivity contribution in [3.8, 4) is 57.0 Å². The number of hydrogen-bond acceptors (Lipinski definition) is 11. The minimum absolute atomic E-state index is 0.120. The molecule has 12 heteroatoms. The van der Waals surface area contributed by atoms with E-state index in [0.29, 0.717) is 68.7 Å². The predicted octanol–water partition coefficient (Wildman–Crippen LogP) is 4.71. The Bertz CT molecular complexity index is 1500. The largest absolute Gasteiger partial charge is 0.493 e. The van der Waals surface area contributed by atoms with Gasteiger partial charge in [-0.25, -0.2) is 4.98 Å². The number of methoxy groups -OCH3 is 6. The van der Waals surface area contributed by atoms with E-state index in [1.165, 1.54) is 54.4 Å². The van der Waals surface area contributed by atoms with Crippen molar-refractivity contribution in [3.63, 3.8) is 0 Å². The van der Waals surface area contributed by atoms with Gasteiger partial charge in [0.1, 0.15) is 11.4 Å². The molecule has 0 fully saturated rings. The standard InChI is InChI=1S/C31H34N4O7S/c1-37-22-14-20(15-23(38-2)29(22)41-5)27-28(21-16-24(39-3)30(42-6)25(17-21)40-4)34-35-31(33-27)43-18-26(36)32-13-12-19-10-8-7-9-11-19/h7-11,14-17H,12-13,18H2,1-6H3,(H,32,36). The van der Waals surface area contributed by atoms with Crippen LogP contribution in [0, 0.1) is 0 Å². The molecule has 43 heavy (non-hydrogen) atoms. The molecular weight excluding hydrogens is 572 g/mol. The molecule has 1 amide bonds. The van der Waals surface area contributed by atoms with Gasteiger partial charge in [-0.1, -0.05) is 42.1 Å². The Morgan fingerprint density at radius 2 is 1.21 bits per heavy atom. The SMILES string of the molecule is COc1cc(-c2nnc(SCC(=O)NCCc3ccccc3)nc2-c2cc(OC)c(OC)c(OC)c2)cc(OC)c1OC. The summed E-state index contributed by atoms with van der Waals surface area (Å²) in [4.78, 5) is 17.4. The molecule has 3 aromatic carbocycles. The summed E-state index contributed by atoms with van der Waals surface area (Å²) in [5.41, 5.74) is 3.30. The fourth-order valence-corrected chi connectivity index (χ4v) is 4.99. The first-order chi connectivity index (χ1) is 21.0. The number of carbonyl (C=O) groups excluding carboxylic acids is 1. The van der Waals surface area contributed by atoms with Gasteiger partial charge in [0.2, 0.25) is 22.6 Å². The van der Waals surface area contributed by atoms with Crippen molar-refractivity contribution in [2.24, 2.45) is 0 Å². The lowest BCUT2D eigenvalue weighted by atomic mass is 10.0. The summed E-state index contributed by atoms with van der Waals surface area (Å²) in [6.45, 7) is 0.527. The molecule has 0 saturated carbocycles. The molecule has 0 aliphatic rings. The third-order valence-corrected chi connectivity index (χ3v) is 7.29. The van der Waals surface area contributed by atoms with Gasteiger partial charge in [-0.2, -0.15) is 0 Å². The number of aromatic nitrogens is 3. The number of nitrogens with one attached hydrogen (secondary N) is 1. The molecule has 0 saturated heterocycles. The Labute approximate surface area is 254 Å². The van der Waals surface area contributed by atoms with E-state index in [2.05, 4.69) is 15.5 Å². The van der Waals surface area contributed by atoms with E-state index >= 15 is 0 Å². The van der Waals surface area contributed by atoms with Crippen LogP contribution < -0.4 is 33.7 Å². The third kappa shape index (κ3) is 7.39. The maximum atomic E-state index is 12.6. The zero-order chi connectivity index (χ0) is 30.8. The van der Waals surface area contributed by atoms with Crippen molar-refractivity contribution in [2.45, 2.75) is 11.6 Å². The fraction of sp³-hybridized carbons (Fsp3) is 0.290. The first-order valence-corrected chi connectivity index (χ1v) is 14.2. The second-order valence-corrected chi connectivity index (χ2v) is 9.94. The van der Waals surface area contributed by atoms with Crippen molar-refractivity contribution >= 4 is 17.7 Å². The zero-order valence-corrected chi connectivity index (χ0v) is 25.7. The maximum absolute atomic E-state index is 12.6. The van der Waals surface area contributed by atoms with E-state index in [0.717, 1.165) is 12.0 Å². The van der Waals surface area contributed by atoms with E-state index < -0.39 is 0 Å². The summed E-state index contributed by atoms with van der Waals surface area (Å²) in [7, 11) is 9.22. The van der Waals surface area contributed by atoms with Crippen molar-refractivity contribution in [1.82, 2.24) is 20.5 Å². The van der Waals surface area contributed by atoms with Gasteiger partial charge >= 0.3 is 0 Å². The van der Waals surface area contributed by atoms with Gasteiger partial charge < -0.3 is 33.7 Å². The van der Waals surface area contributed by atoms with E-state index in [1.54, 1.807) is 24.3 Å². The minimum atomic E-state index is -0.132. The molecule has 0 aliphatic carbocycles. The highest BCUT2D eigenvalue weighted by molar-refractivity contribution is 7.99. The molecule has 0 atom stereocenters. The van der Waals surface area contributed by atoms with Crippen LogP contribution in [0.15, 0.2) is 59.8 Å². The molecule has 0 unspecified atom stereocenters. The summed E-state index contributed by atoms with van der Waals surface area (Å²) in [6, 6.07) is 17.1. The summed E-state index contributed by atoms with van der Waals surface area (Å²) < 4.78 is 33.3. The number of benzene rings is 3. The van der Waals surface area contributed by atoms with Gasteiger partial charge in [0.05, 0.1) is 48.4 Å². The van der Waals surface area contributed by atoms with Crippen molar-refractivity contribution in [1.29, 1.82) is 0 Å². The molecule has 0 spiro atoms. The van der Waals surface area contributed by atoms with Gasteiger partial charge in [-0.3, -0.25) is 4.79 Å². The summed E-state index contributed by atoms with van der Waals surface area (Å²) >= 11 is 1.18. The first kappa shape index (κ1) is 31.2. The predicted molar refractivity (Wildman–Crippen MR) is 164 cm³/mol. The zero-order valence-electron chi connectivity index (χ0n) is 24.9. The van der Waals surface area contributed by atoms with Gasteiger partial charge in [0.25, 0.3) is 0 Å². The van der Waals surface area contributed by atoms with Crippen LogP contribution in [0.5, 0.6) is 34.5 Å². The van der Waals surface area contributed by atoms with E-state index in [-0.39, 0.29) is 11.7 Å². The van der Waals surface area contributed by atoms with Crippen LogP contribution in [0.3, 0.4) is 0 Å². The van der Waals surface area contributed by atoms with Crippen molar-refractivity contribution < 1.29 is 33.2 Å². The van der Waals surface area contributed by atoms with E-state index in [9.17, 15) is 4.79 Å². The van der Waals surface area contributed by atoms with Crippen LogP contribution in [-0.2, 0) is 11.2 Å². The molecule has 1 N–H and O–H groups in total. The third-order valence-electron chi connectivity index (χ3n) is 6.45. The van der Waals surface area contributed by atoms with Gasteiger partial charge in [-0.15, -0.1) is 10.2 Å². The molecule has 1 heterocycles. The first-order valence-electron chi connectivity index (χ1n) is 13.2. The number of rotatable bonds is 14. The molecule has 4 rings (SSSR count). The summed E-state index contributed by atoms with van der Waals surface area (Å²) in [5, 5.41) is 12.1. The smallest absolute Gasteiger partial charge is 0.230 e. The maximum Gasteiger partial charge on any atom is 0.230 e. The van der Waals surface area contributed by atoms with Gasteiger partial charge in [0, 0.05) is 17.7 Å². The van der Waals surface area contributed by atoms with Crippen LogP contribution in [0.4, 0.5) is 0 Å². The molecular formula is C31H34N4O7S. The molecule has 226 valence electrons. The molecule has 11 nitrogen and oxygen atoms in total. The monoisotopic (exact) mass is 606 g/mol. The lowest BCUT2D eigenvalue weighted by Crippen LogP contribution is -2.27. The highest BCUT2D eigenvalue weighted by Gasteiger charge is 2.22. The summed E-state index contributed by atoms with van der Waals surface area (Å²) in [6.07, 6.45) is 0.740. The minimum Gasteiger partial charge on any atom is -0.493 e. The van der Waals surface area contributed by atoms with Crippen molar-refractivity contribution in [2.75, 3.05) is 55.0 Å². The Hall–Kier alpha value is -4.71. The quantitative estimate of drug-likeness (QED) is 0.201. The second-order valence-electron chi connectivity index (χ2n) is 8.99. The average molecular weight is 607 g/mol. The van der Waals surface area contributed by atoms with Crippen LogP contribution >= 0.6 is 11.8 Å². The van der Waals surface area contributed by atoms with E-state index in [4.69, 9.17) is 33.4 Å². The molecule has 0 radical (unpaired) electrons. The highest BCUT2D eigenvalue weighted by Crippen LogP contribution is 2.45. The molecule has 4 aromatic rings. The number of hydrogen-bond donors (Lipinski definition) is 1. The fourth-order valence-electron chi connectivity index (χ4n) is 4.38. The van der Waals surface area contributed by atoms with Crippen LogP contribution in [0.2, 0.25) is 0 Å². The Morgan fingerprint density at radius 3 is 1.70 bits per heavy atom. The normalized spacial score (nSPS) is 10.6. The highest BCUT2D eigenvalue weighted by atomic mass is 32.2. The lowest BCUT2D eigenvalue weighted by molar-refractivity contribution is -0.118. The second kappa shape index (κ2) is 15.0. The molecule has 1 aromatic heterocycles. The average Bonchev–Trinajstić information content (AvgIpc) is 3.06. The number of nitrogens with zero attached hydrogens (tertiary/aromatic N) is 3. The molecule has 0 bridgehead atoms. The Kier molecular flexibility index (Phi) is 10.9. The van der Waals surface area contributed by atoms with E-state index in [1.807, 2.05) is 30.3 Å². The summed E-state index contributed by atoms with van der Waals surface area (Å²) in [5.74, 6) is 2.64. The van der Waals surface area contributed by atoms with Crippen LogP contribution in [-0.4, -0.2) is 76.0 Å². The Balaban J connectivity index is 1.70. The lowest BCUT2D eigenvalue weighted by Gasteiger charge is -2.17. The van der Waals surface area contributed by atoms with Gasteiger partial charge in [-0.05, 0) is 36.2 Å². The number of amides is 1. The van der Waals surface area contributed by atoms with Gasteiger partial charge in [0.15, 0.2) is 23.0 Å². The Morgan fingerprint density at radius 1 is 0.698 bits per heavy atom. The number of ether oxygens (including phenoxy) is 6. The number of thioether (sulfide) groups is 1. The molecule has 0 aliphatic heterocycles. The van der Waals surface area contributed by atoms with Crippen LogP contribution in [0.1, 0.15) is 5.56 Å².